The maximum atomic E-state index is 6.04. The summed E-state index contributed by atoms with van der Waals surface area (Å²) in [5, 5.41) is 0. The third kappa shape index (κ3) is 4.06. The average Bonchev–Trinajstić information content (AvgIpc) is 2.53. The Morgan fingerprint density at radius 3 is 2.12 bits per heavy atom. The first-order chi connectivity index (χ1) is 7.54. The van der Waals surface area contributed by atoms with Crippen molar-refractivity contribution in [2.45, 2.75) is 70.8 Å². The van der Waals surface area contributed by atoms with E-state index in [1.54, 1.807) is 0 Å². The number of nitrogens with two attached hydrogens (primary N) is 1. The summed E-state index contributed by atoms with van der Waals surface area (Å²) in [5.74, 6) is 0. The first-order valence-electron chi connectivity index (χ1n) is 6.79. The first kappa shape index (κ1) is 14.0. The van der Waals surface area contributed by atoms with Crippen molar-refractivity contribution in [3.63, 3.8) is 0 Å². The van der Waals surface area contributed by atoms with Crippen LogP contribution in [0.2, 0.25) is 0 Å². The van der Waals surface area contributed by atoms with E-state index in [2.05, 4.69) is 13.8 Å². The van der Waals surface area contributed by atoms with Crippen LogP contribution in [0.1, 0.15) is 65.2 Å². The van der Waals surface area contributed by atoms with Crippen molar-refractivity contribution in [2.24, 2.45) is 11.1 Å². The van der Waals surface area contributed by atoms with Gasteiger partial charge in [-0.3, -0.25) is 0 Å². The highest BCUT2D eigenvalue weighted by molar-refractivity contribution is 4.85. The van der Waals surface area contributed by atoms with Gasteiger partial charge in [0.2, 0.25) is 0 Å². The molecule has 0 amide bonds. The van der Waals surface area contributed by atoms with Crippen molar-refractivity contribution in [1.82, 2.24) is 0 Å². The quantitative estimate of drug-likeness (QED) is 0.730. The predicted molar refractivity (Wildman–Crippen MR) is 69.5 cm³/mol. The van der Waals surface area contributed by atoms with Crippen LogP contribution in [0, 0.1) is 5.41 Å². The molecule has 0 aromatic heterocycles. The maximum Gasteiger partial charge on any atom is 0.0623 e. The highest BCUT2D eigenvalue weighted by Crippen LogP contribution is 2.39. The Kier molecular flexibility index (Phi) is 5.26. The smallest absolute Gasteiger partial charge is 0.0623 e. The van der Waals surface area contributed by atoms with Crippen molar-refractivity contribution in [2.75, 3.05) is 13.7 Å². The third-order valence-corrected chi connectivity index (χ3v) is 4.41. The fraction of sp³-hybridized carbons (Fsp3) is 1.00. The number of rotatable bonds is 5. The Morgan fingerprint density at radius 2 is 1.69 bits per heavy atom. The Bertz CT molecular complexity index is 193. The fourth-order valence-electron chi connectivity index (χ4n) is 2.70. The van der Waals surface area contributed by atoms with E-state index in [1.807, 2.05) is 7.11 Å². The monoisotopic (exact) mass is 227 g/mol. The van der Waals surface area contributed by atoms with Crippen molar-refractivity contribution in [3.8, 4) is 0 Å². The van der Waals surface area contributed by atoms with Crippen LogP contribution in [-0.4, -0.2) is 19.3 Å². The van der Waals surface area contributed by atoms with Gasteiger partial charge in [0.25, 0.3) is 0 Å². The average molecular weight is 227 g/mol. The second kappa shape index (κ2) is 6.02. The van der Waals surface area contributed by atoms with E-state index >= 15 is 0 Å². The van der Waals surface area contributed by atoms with Gasteiger partial charge in [0.15, 0.2) is 0 Å². The molecule has 0 aromatic rings. The van der Waals surface area contributed by atoms with Crippen LogP contribution in [0.5, 0.6) is 0 Å². The Labute approximate surface area is 101 Å². The summed E-state index contributed by atoms with van der Waals surface area (Å²) in [6.45, 7) is 5.20. The highest BCUT2D eigenvalue weighted by atomic mass is 16.5. The molecule has 0 aromatic carbocycles. The Morgan fingerprint density at radius 1 is 1.12 bits per heavy atom. The molecular weight excluding hydrogens is 198 g/mol. The molecular formula is C14H29NO. The lowest BCUT2D eigenvalue weighted by Crippen LogP contribution is -2.33. The summed E-state index contributed by atoms with van der Waals surface area (Å²) in [7, 11) is 1.81. The minimum absolute atomic E-state index is 0.00841. The third-order valence-electron chi connectivity index (χ3n) is 4.41. The molecule has 1 aliphatic rings. The highest BCUT2D eigenvalue weighted by Gasteiger charge is 2.31. The molecule has 0 heterocycles. The van der Waals surface area contributed by atoms with Crippen molar-refractivity contribution >= 4 is 0 Å². The van der Waals surface area contributed by atoms with E-state index in [-0.39, 0.29) is 5.60 Å². The molecule has 2 nitrogen and oxygen atoms in total. The maximum absolute atomic E-state index is 6.04. The van der Waals surface area contributed by atoms with Crippen molar-refractivity contribution in [3.05, 3.63) is 0 Å². The molecule has 96 valence electrons. The molecule has 2 N–H and O–H groups in total. The largest absolute Gasteiger partial charge is 0.379 e. The summed E-state index contributed by atoms with van der Waals surface area (Å²) in [6.07, 6.45) is 10.5. The summed E-state index contributed by atoms with van der Waals surface area (Å²) in [6, 6.07) is 0. The number of ether oxygens (including phenoxy) is 1. The number of hydrogen-bond donors (Lipinski definition) is 1. The van der Waals surface area contributed by atoms with Crippen LogP contribution < -0.4 is 5.73 Å². The van der Waals surface area contributed by atoms with Gasteiger partial charge in [-0.2, -0.15) is 0 Å². The minimum Gasteiger partial charge on any atom is -0.379 e. The molecule has 0 aliphatic heterocycles. The van der Waals surface area contributed by atoms with Gasteiger partial charge in [0, 0.05) is 7.11 Å². The molecule has 0 saturated heterocycles. The van der Waals surface area contributed by atoms with Crippen LogP contribution >= 0.6 is 0 Å². The predicted octanol–water partition coefficient (Wildman–Crippen LogP) is 3.49. The molecule has 16 heavy (non-hydrogen) atoms. The Hall–Kier alpha value is -0.0800. The SMILES string of the molecule is COC(C)(C)CCC1(CN)CCCCCC1. The topological polar surface area (TPSA) is 35.2 Å². The standard InChI is InChI=1S/C14H29NO/c1-13(2,16-3)10-11-14(12-15)8-6-4-5-7-9-14/h4-12,15H2,1-3H3. The van der Waals surface area contributed by atoms with Gasteiger partial charge in [0.1, 0.15) is 0 Å². The molecule has 0 spiro atoms. The van der Waals surface area contributed by atoms with Gasteiger partial charge in [-0.1, -0.05) is 25.7 Å². The van der Waals surface area contributed by atoms with Crippen molar-refractivity contribution in [1.29, 1.82) is 0 Å². The molecule has 1 rings (SSSR count). The molecule has 0 bridgehead atoms. The molecule has 2 heteroatoms. The van der Waals surface area contributed by atoms with Gasteiger partial charge >= 0.3 is 0 Å². The zero-order valence-corrected chi connectivity index (χ0v) is 11.3. The van der Waals surface area contributed by atoms with Gasteiger partial charge in [-0.25, -0.2) is 0 Å². The summed E-state index contributed by atoms with van der Waals surface area (Å²) < 4.78 is 5.51. The van der Waals surface area contributed by atoms with E-state index < -0.39 is 0 Å². The second-order valence-electron chi connectivity index (χ2n) is 6.08. The molecule has 0 unspecified atom stereocenters. The molecule has 0 atom stereocenters. The molecule has 1 fully saturated rings. The van der Waals surface area contributed by atoms with Crippen LogP contribution in [0.25, 0.3) is 0 Å². The van der Waals surface area contributed by atoms with Crippen LogP contribution in [0.15, 0.2) is 0 Å². The number of hydrogen-bond acceptors (Lipinski definition) is 2. The van der Waals surface area contributed by atoms with E-state index in [1.165, 1.54) is 44.9 Å². The second-order valence-corrected chi connectivity index (χ2v) is 6.08. The van der Waals surface area contributed by atoms with Crippen molar-refractivity contribution < 1.29 is 4.74 Å². The summed E-state index contributed by atoms with van der Waals surface area (Å²) >= 11 is 0. The fourth-order valence-corrected chi connectivity index (χ4v) is 2.70. The normalized spacial score (nSPS) is 21.8. The van der Waals surface area contributed by atoms with Gasteiger partial charge < -0.3 is 10.5 Å². The van der Waals surface area contributed by atoms with Gasteiger partial charge in [-0.05, 0) is 51.5 Å². The molecule has 1 saturated carbocycles. The van der Waals surface area contributed by atoms with E-state index in [0.717, 1.165) is 13.0 Å². The van der Waals surface area contributed by atoms with Gasteiger partial charge in [0.05, 0.1) is 5.60 Å². The summed E-state index contributed by atoms with van der Waals surface area (Å²) in [5.41, 5.74) is 6.46. The number of methoxy groups -OCH3 is 1. The Balaban J connectivity index is 2.51. The molecule has 1 aliphatic carbocycles. The first-order valence-corrected chi connectivity index (χ1v) is 6.79. The lowest BCUT2D eigenvalue weighted by atomic mass is 9.75. The van der Waals surface area contributed by atoms with Crippen LogP contribution in [-0.2, 0) is 4.74 Å². The van der Waals surface area contributed by atoms with Crippen LogP contribution in [0.4, 0.5) is 0 Å². The minimum atomic E-state index is 0.00841. The van der Waals surface area contributed by atoms with E-state index in [9.17, 15) is 0 Å². The lowest BCUT2D eigenvalue weighted by molar-refractivity contribution is 0.00244. The van der Waals surface area contributed by atoms with E-state index in [0.29, 0.717) is 5.41 Å². The summed E-state index contributed by atoms with van der Waals surface area (Å²) in [4.78, 5) is 0. The van der Waals surface area contributed by atoms with Gasteiger partial charge in [-0.15, -0.1) is 0 Å². The molecule has 0 radical (unpaired) electrons. The zero-order valence-electron chi connectivity index (χ0n) is 11.3. The zero-order chi connectivity index (χ0) is 12.1. The van der Waals surface area contributed by atoms with Crippen LogP contribution in [0.3, 0.4) is 0 Å². The lowest BCUT2D eigenvalue weighted by Gasteiger charge is -2.35. The van der Waals surface area contributed by atoms with E-state index in [4.69, 9.17) is 10.5 Å².